The summed E-state index contributed by atoms with van der Waals surface area (Å²) < 4.78 is 41.1. The van der Waals surface area contributed by atoms with E-state index in [2.05, 4.69) is 15.4 Å². The van der Waals surface area contributed by atoms with Crippen molar-refractivity contribution in [3.63, 3.8) is 0 Å². The van der Waals surface area contributed by atoms with Gasteiger partial charge in [0.2, 0.25) is 5.91 Å². The molecule has 0 aromatic heterocycles. The molecule has 0 aliphatic rings. The molecule has 0 radical (unpaired) electrons. The van der Waals surface area contributed by atoms with Crippen LogP contribution in [0.5, 0.6) is 0 Å². The van der Waals surface area contributed by atoms with Crippen LogP contribution in [0, 0.1) is 0 Å². The maximum Gasteiger partial charge on any atom is 0.416 e. The number of nitrogens with one attached hydrogen (secondary N) is 2. The molecule has 1 rings (SSSR count). The second-order valence-corrected chi connectivity index (χ2v) is 3.47. The molecule has 8 heteroatoms. The fourth-order valence-electron chi connectivity index (χ4n) is 1.17. The Labute approximate surface area is 106 Å². The standard InChI is InChI=1S/C11H11F3N2O3/c1-19-10(18)15-6-9(17)16-8-4-2-7(3-5-8)11(12,13)14/h2-5H,6H2,1H3,(H,15,18)(H,16,17). The van der Waals surface area contributed by atoms with E-state index in [9.17, 15) is 22.8 Å². The van der Waals surface area contributed by atoms with E-state index < -0.39 is 23.7 Å². The van der Waals surface area contributed by atoms with E-state index in [4.69, 9.17) is 0 Å². The molecule has 0 atom stereocenters. The third-order valence-corrected chi connectivity index (χ3v) is 2.07. The second kappa shape index (κ2) is 6.07. The summed E-state index contributed by atoms with van der Waals surface area (Å²) in [6, 6.07) is 3.95. The second-order valence-electron chi connectivity index (χ2n) is 3.47. The number of halogens is 3. The van der Waals surface area contributed by atoms with Crippen molar-refractivity contribution in [2.45, 2.75) is 6.18 Å². The van der Waals surface area contributed by atoms with Crippen LogP contribution in [0.2, 0.25) is 0 Å². The summed E-state index contributed by atoms with van der Waals surface area (Å²) in [5.41, 5.74) is -0.608. The van der Waals surface area contributed by atoms with E-state index in [1.807, 2.05) is 0 Å². The number of methoxy groups -OCH3 is 1. The molecular formula is C11H11F3N2O3. The van der Waals surface area contributed by atoms with Crippen molar-refractivity contribution in [2.75, 3.05) is 19.0 Å². The number of benzene rings is 1. The number of ether oxygens (including phenoxy) is 1. The normalized spacial score (nSPS) is 10.7. The van der Waals surface area contributed by atoms with Crippen LogP contribution in [0.15, 0.2) is 24.3 Å². The van der Waals surface area contributed by atoms with Gasteiger partial charge in [-0.15, -0.1) is 0 Å². The van der Waals surface area contributed by atoms with Gasteiger partial charge in [-0.3, -0.25) is 4.79 Å². The van der Waals surface area contributed by atoms with Crippen LogP contribution in [0.25, 0.3) is 0 Å². The molecule has 104 valence electrons. The maximum atomic E-state index is 12.3. The van der Waals surface area contributed by atoms with Crippen LogP contribution in [0.1, 0.15) is 5.56 Å². The molecule has 0 aliphatic carbocycles. The number of anilines is 1. The van der Waals surface area contributed by atoms with E-state index in [0.717, 1.165) is 31.4 Å². The molecule has 2 amide bonds. The molecule has 0 saturated carbocycles. The molecule has 0 bridgehead atoms. The van der Waals surface area contributed by atoms with E-state index >= 15 is 0 Å². The van der Waals surface area contributed by atoms with Crippen molar-refractivity contribution in [3.05, 3.63) is 29.8 Å². The highest BCUT2D eigenvalue weighted by atomic mass is 19.4. The van der Waals surface area contributed by atoms with Crippen LogP contribution in [-0.4, -0.2) is 25.7 Å². The van der Waals surface area contributed by atoms with Crippen LogP contribution >= 0.6 is 0 Å². The quantitative estimate of drug-likeness (QED) is 0.887. The van der Waals surface area contributed by atoms with Crippen molar-refractivity contribution in [3.8, 4) is 0 Å². The third kappa shape index (κ3) is 4.86. The molecular weight excluding hydrogens is 265 g/mol. The van der Waals surface area contributed by atoms with Gasteiger partial charge < -0.3 is 15.4 Å². The molecule has 2 N–H and O–H groups in total. The van der Waals surface area contributed by atoms with E-state index in [1.54, 1.807) is 0 Å². The lowest BCUT2D eigenvalue weighted by Crippen LogP contribution is -2.32. The molecule has 0 saturated heterocycles. The molecule has 1 aromatic rings. The number of alkyl halides is 3. The Kier molecular flexibility index (Phi) is 4.74. The first kappa shape index (κ1) is 14.8. The van der Waals surface area contributed by atoms with Gasteiger partial charge in [0.1, 0.15) is 6.54 Å². The number of rotatable bonds is 3. The minimum absolute atomic E-state index is 0.199. The zero-order valence-corrected chi connectivity index (χ0v) is 9.88. The van der Waals surface area contributed by atoms with Crippen molar-refractivity contribution in [2.24, 2.45) is 0 Å². The van der Waals surface area contributed by atoms with Gasteiger partial charge in [-0.25, -0.2) is 4.79 Å². The lowest BCUT2D eigenvalue weighted by molar-refractivity contribution is -0.137. The number of amides is 2. The first-order chi connectivity index (χ1) is 8.82. The first-order valence-corrected chi connectivity index (χ1v) is 5.12. The number of carbonyl (C=O) groups excluding carboxylic acids is 2. The van der Waals surface area contributed by atoms with Crippen LogP contribution in [0.3, 0.4) is 0 Å². The molecule has 0 fully saturated rings. The summed E-state index contributed by atoms with van der Waals surface area (Å²) in [6.07, 6.45) is -5.20. The highest BCUT2D eigenvalue weighted by Gasteiger charge is 2.29. The SMILES string of the molecule is COC(=O)NCC(=O)Nc1ccc(C(F)(F)F)cc1. The minimum atomic E-state index is -4.42. The fraction of sp³-hybridized carbons (Fsp3) is 0.273. The monoisotopic (exact) mass is 276 g/mol. The van der Waals surface area contributed by atoms with E-state index in [0.29, 0.717) is 0 Å². The Morgan fingerprint density at radius 3 is 2.26 bits per heavy atom. The van der Waals surface area contributed by atoms with Gasteiger partial charge in [-0.05, 0) is 24.3 Å². The summed E-state index contributed by atoms with van der Waals surface area (Å²) in [5, 5.41) is 4.46. The Balaban J connectivity index is 2.54. The Morgan fingerprint density at radius 2 is 1.79 bits per heavy atom. The largest absolute Gasteiger partial charge is 0.453 e. The highest BCUT2D eigenvalue weighted by molar-refractivity contribution is 5.93. The van der Waals surface area contributed by atoms with Crippen molar-refractivity contribution in [1.82, 2.24) is 5.32 Å². The predicted molar refractivity (Wildman–Crippen MR) is 60.5 cm³/mol. The molecule has 0 spiro atoms. The van der Waals surface area contributed by atoms with Crippen LogP contribution < -0.4 is 10.6 Å². The zero-order chi connectivity index (χ0) is 14.5. The van der Waals surface area contributed by atoms with Crippen molar-refractivity contribution >= 4 is 17.7 Å². The molecule has 19 heavy (non-hydrogen) atoms. The summed E-state index contributed by atoms with van der Waals surface area (Å²) in [6.45, 7) is -0.340. The topological polar surface area (TPSA) is 67.4 Å². The lowest BCUT2D eigenvalue weighted by atomic mass is 10.2. The summed E-state index contributed by atoms with van der Waals surface area (Å²) in [7, 11) is 1.14. The van der Waals surface area contributed by atoms with Gasteiger partial charge in [0, 0.05) is 5.69 Å². The summed E-state index contributed by atoms with van der Waals surface area (Å²) in [4.78, 5) is 22.0. The number of carbonyl (C=O) groups is 2. The molecule has 0 unspecified atom stereocenters. The van der Waals surface area contributed by atoms with Gasteiger partial charge in [-0.2, -0.15) is 13.2 Å². The Bertz CT molecular complexity index is 457. The van der Waals surface area contributed by atoms with Gasteiger partial charge in [0.25, 0.3) is 0 Å². The summed E-state index contributed by atoms with van der Waals surface area (Å²) >= 11 is 0. The van der Waals surface area contributed by atoms with E-state index in [-0.39, 0.29) is 12.2 Å². The van der Waals surface area contributed by atoms with Gasteiger partial charge in [-0.1, -0.05) is 0 Å². The summed E-state index contributed by atoms with van der Waals surface area (Å²) in [5.74, 6) is -0.579. The van der Waals surface area contributed by atoms with Gasteiger partial charge in [0.05, 0.1) is 12.7 Å². The van der Waals surface area contributed by atoms with Gasteiger partial charge >= 0.3 is 12.3 Å². The average Bonchev–Trinajstić information content (AvgIpc) is 2.35. The Hall–Kier alpha value is -2.25. The maximum absolute atomic E-state index is 12.3. The Morgan fingerprint density at radius 1 is 1.21 bits per heavy atom. The number of alkyl carbamates (subject to hydrolysis) is 1. The lowest BCUT2D eigenvalue weighted by Gasteiger charge is -2.09. The third-order valence-electron chi connectivity index (χ3n) is 2.07. The molecule has 5 nitrogen and oxygen atoms in total. The van der Waals surface area contributed by atoms with Crippen LogP contribution in [0.4, 0.5) is 23.7 Å². The fourth-order valence-corrected chi connectivity index (χ4v) is 1.17. The predicted octanol–water partition coefficient (Wildman–Crippen LogP) is 2.00. The van der Waals surface area contributed by atoms with Crippen molar-refractivity contribution < 1.29 is 27.5 Å². The molecule has 1 aromatic carbocycles. The highest BCUT2D eigenvalue weighted by Crippen LogP contribution is 2.29. The molecule has 0 heterocycles. The van der Waals surface area contributed by atoms with E-state index in [1.165, 1.54) is 0 Å². The smallest absolute Gasteiger partial charge is 0.416 e. The zero-order valence-electron chi connectivity index (χ0n) is 9.88. The minimum Gasteiger partial charge on any atom is -0.453 e. The van der Waals surface area contributed by atoms with Gasteiger partial charge in [0.15, 0.2) is 0 Å². The number of hydrogen-bond donors (Lipinski definition) is 2. The van der Waals surface area contributed by atoms with Crippen LogP contribution in [-0.2, 0) is 15.7 Å². The number of hydrogen-bond acceptors (Lipinski definition) is 3. The van der Waals surface area contributed by atoms with Crippen molar-refractivity contribution in [1.29, 1.82) is 0 Å². The first-order valence-electron chi connectivity index (χ1n) is 5.12. The average molecular weight is 276 g/mol. The molecule has 0 aliphatic heterocycles.